The monoisotopic (exact) mass is 330 g/mol. The number of para-hydroxylation sites is 1. The molecule has 2 heterocycles. The van der Waals surface area contributed by atoms with Crippen molar-refractivity contribution in [1.29, 1.82) is 0 Å². The predicted octanol–water partition coefficient (Wildman–Crippen LogP) is 2.10. The number of aromatic nitrogens is 1. The summed E-state index contributed by atoms with van der Waals surface area (Å²) in [4.78, 5) is 24.3. The Balaban J connectivity index is 1.55. The number of aryl methyl sites for hydroxylation is 1. The van der Waals surface area contributed by atoms with Gasteiger partial charge in [0.15, 0.2) is 11.9 Å². The van der Waals surface area contributed by atoms with Crippen LogP contribution in [0.1, 0.15) is 18.2 Å². The fraction of sp³-hybridized carbons (Fsp3) is 0.353. The molecule has 0 fully saturated rings. The second-order valence-corrected chi connectivity index (χ2v) is 5.71. The van der Waals surface area contributed by atoms with E-state index < -0.39 is 23.9 Å². The first-order chi connectivity index (χ1) is 11.5. The molecular weight excluding hydrogens is 312 g/mol. The van der Waals surface area contributed by atoms with Crippen LogP contribution in [-0.2, 0) is 20.7 Å². The van der Waals surface area contributed by atoms with Crippen molar-refractivity contribution in [3.05, 3.63) is 41.7 Å². The highest BCUT2D eigenvalue weighted by Gasteiger charge is 2.29. The van der Waals surface area contributed by atoms with Crippen molar-refractivity contribution in [1.82, 2.24) is 5.16 Å². The Labute approximate surface area is 138 Å². The number of carbonyl (C=O) groups is 2. The lowest BCUT2D eigenvalue weighted by Crippen LogP contribution is -2.36. The third-order valence-corrected chi connectivity index (χ3v) is 3.75. The Morgan fingerprint density at radius 2 is 2.17 bits per heavy atom. The minimum Gasteiger partial charge on any atom is -0.492 e. The summed E-state index contributed by atoms with van der Waals surface area (Å²) in [7, 11) is 0. The number of hydrogen-bond donors (Lipinski definition) is 1. The number of hydrogen-bond acceptors (Lipinski definition) is 6. The van der Waals surface area contributed by atoms with Gasteiger partial charge in [-0.3, -0.25) is 9.59 Å². The maximum absolute atomic E-state index is 12.3. The summed E-state index contributed by atoms with van der Waals surface area (Å²) >= 11 is 0. The maximum Gasteiger partial charge on any atom is 0.313 e. The van der Waals surface area contributed by atoms with Crippen LogP contribution in [0.4, 0.5) is 5.82 Å². The topological polar surface area (TPSA) is 90.7 Å². The largest absolute Gasteiger partial charge is 0.492 e. The molecule has 0 saturated heterocycles. The zero-order chi connectivity index (χ0) is 17.1. The van der Waals surface area contributed by atoms with Gasteiger partial charge in [-0.05, 0) is 31.9 Å². The van der Waals surface area contributed by atoms with E-state index in [1.54, 1.807) is 13.0 Å². The SMILES string of the molecule is Cc1cc(NC(=O)C(C)OC(=O)C2COc3ccccc3C2)no1. The predicted molar refractivity (Wildman–Crippen MR) is 84.6 cm³/mol. The molecule has 1 N–H and O–H groups in total. The maximum atomic E-state index is 12.3. The molecule has 2 unspecified atom stereocenters. The molecule has 1 aromatic carbocycles. The summed E-state index contributed by atoms with van der Waals surface area (Å²) in [6, 6.07) is 9.14. The van der Waals surface area contributed by atoms with Crippen molar-refractivity contribution >= 4 is 17.7 Å². The fourth-order valence-electron chi connectivity index (χ4n) is 2.46. The summed E-state index contributed by atoms with van der Waals surface area (Å²) < 4.78 is 15.7. The number of nitrogens with zero attached hydrogens (tertiary/aromatic N) is 1. The number of carbonyl (C=O) groups excluding carboxylic acids is 2. The Kier molecular flexibility index (Phi) is 4.50. The molecule has 2 atom stereocenters. The lowest BCUT2D eigenvalue weighted by atomic mass is 9.97. The van der Waals surface area contributed by atoms with Crippen LogP contribution in [0.5, 0.6) is 5.75 Å². The van der Waals surface area contributed by atoms with Gasteiger partial charge in [-0.25, -0.2) is 0 Å². The number of fused-ring (bicyclic) bond motifs is 1. The van der Waals surface area contributed by atoms with Crippen LogP contribution < -0.4 is 10.1 Å². The molecule has 1 aliphatic heterocycles. The summed E-state index contributed by atoms with van der Waals surface area (Å²) in [6.07, 6.45) is -0.405. The molecule has 126 valence electrons. The summed E-state index contributed by atoms with van der Waals surface area (Å²) in [5.74, 6) is 0.304. The summed E-state index contributed by atoms with van der Waals surface area (Å²) in [5, 5.41) is 6.20. The molecule has 0 radical (unpaired) electrons. The molecule has 0 bridgehead atoms. The van der Waals surface area contributed by atoms with Gasteiger partial charge in [0.1, 0.15) is 18.1 Å². The normalized spacial score (nSPS) is 17.3. The first kappa shape index (κ1) is 16.0. The van der Waals surface area contributed by atoms with Gasteiger partial charge in [0.25, 0.3) is 5.91 Å². The molecule has 0 aliphatic carbocycles. The second-order valence-electron chi connectivity index (χ2n) is 5.71. The molecule has 0 saturated carbocycles. The van der Waals surface area contributed by atoms with Crippen molar-refractivity contribution < 1.29 is 23.6 Å². The number of ether oxygens (including phenoxy) is 2. The third-order valence-electron chi connectivity index (χ3n) is 3.75. The van der Waals surface area contributed by atoms with E-state index in [4.69, 9.17) is 14.0 Å². The van der Waals surface area contributed by atoms with E-state index in [0.717, 1.165) is 11.3 Å². The van der Waals surface area contributed by atoms with Crippen LogP contribution in [-0.4, -0.2) is 29.7 Å². The van der Waals surface area contributed by atoms with E-state index in [2.05, 4.69) is 10.5 Å². The molecule has 24 heavy (non-hydrogen) atoms. The number of anilines is 1. The van der Waals surface area contributed by atoms with E-state index in [-0.39, 0.29) is 12.4 Å². The van der Waals surface area contributed by atoms with Gasteiger partial charge in [-0.2, -0.15) is 0 Å². The van der Waals surface area contributed by atoms with Crippen molar-refractivity contribution in [3.63, 3.8) is 0 Å². The minimum absolute atomic E-state index is 0.243. The van der Waals surface area contributed by atoms with E-state index in [1.165, 1.54) is 6.92 Å². The zero-order valence-corrected chi connectivity index (χ0v) is 13.4. The Morgan fingerprint density at radius 1 is 1.38 bits per heavy atom. The van der Waals surface area contributed by atoms with Crippen LogP contribution in [0, 0.1) is 12.8 Å². The Morgan fingerprint density at radius 3 is 2.92 bits per heavy atom. The lowest BCUT2D eigenvalue weighted by Gasteiger charge is -2.24. The number of nitrogens with one attached hydrogen (secondary N) is 1. The lowest BCUT2D eigenvalue weighted by molar-refractivity contribution is -0.158. The smallest absolute Gasteiger partial charge is 0.313 e. The first-order valence-electron chi connectivity index (χ1n) is 7.68. The van der Waals surface area contributed by atoms with E-state index >= 15 is 0 Å². The van der Waals surface area contributed by atoms with Crippen molar-refractivity contribution in [3.8, 4) is 5.75 Å². The highest BCUT2D eigenvalue weighted by molar-refractivity contribution is 5.94. The van der Waals surface area contributed by atoms with Gasteiger partial charge in [-0.15, -0.1) is 0 Å². The number of rotatable bonds is 4. The highest BCUT2D eigenvalue weighted by Crippen LogP contribution is 2.27. The van der Waals surface area contributed by atoms with E-state index in [0.29, 0.717) is 12.2 Å². The molecule has 7 nitrogen and oxygen atoms in total. The van der Waals surface area contributed by atoms with Crippen LogP contribution in [0.25, 0.3) is 0 Å². The Bertz CT molecular complexity index is 755. The standard InChI is InChI=1S/C17H18N2O5/c1-10-7-15(19-24-10)18-16(20)11(2)23-17(21)13-8-12-5-3-4-6-14(12)22-9-13/h3-7,11,13H,8-9H2,1-2H3,(H,18,19,20). The molecule has 1 aliphatic rings. The van der Waals surface area contributed by atoms with Crippen LogP contribution in [0.3, 0.4) is 0 Å². The summed E-state index contributed by atoms with van der Waals surface area (Å²) in [5.41, 5.74) is 0.959. The average Bonchev–Trinajstić information content (AvgIpc) is 2.99. The third kappa shape index (κ3) is 3.56. The highest BCUT2D eigenvalue weighted by atomic mass is 16.6. The van der Waals surface area contributed by atoms with Crippen molar-refractivity contribution in [2.75, 3.05) is 11.9 Å². The Hall–Kier alpha value is -2.83. The molecule has 1 aromatic heterocycles. The van der Waals surface area contributed by atoms with E-state index in [9.17, 15) is 9.59 Å². The molecule has 0 spiro atoms. The van der Waals surface area contributed by atoms with E-state index in [1.807, 2.05) is 24.3 Å². The number of benzene rings is 1. The molecule has 3 rings (SSSR count). The van der Waals surface area contributed by atoms with Gasteiger partial charge >= 0.3 is 5.97 Å². The minimum atomic E-state index is -0.938. The zero-order valence-electron chi connectivity index (χ0n) is 13.4. The molecule has 1 amide bonds. The molecule has 2 aromatic rings. The molecule has 7 heteroatoms. The number of esters is 1. The van der Waals surface area contributed by atoms with Gasteiger partial charge < -0.3 is 19.3 Å². The van der Waals surface area contributed by atoms with Gasteiger partial charge in [0.2, 0.25) is 0 Å². The van der Waals surface area contributed by atoms with Crippen molar-refractivity contribution in [2.24, 2.45) is 5.92 Å². The average molecular weight is 330 g/mol. The quantitative estimate of drug-likeness (QED) is 0.863. The van der Waals surface area contributed by atoms with Gasteiger partial charge in [-0.1, -0.05) is 23.4 Å². The first-order valence-corrected chi connectivity index (χ1v) is 7.68. The van der Waals surface area contributed by atoms with Gasteiger partial charge in [0, 0.05) is 6.07 Å². The second kappa shape index (κ2) is 6.74. The van der Waals surface area contributed by atoms with Gasteiger partial charge in [0.05, 0.1) is 5.92 Å². The number of amides is 1. The van der Waals surface area contributed by atoms with Crippen molar-refractivity contribution in [2.45, 2.75) is 26.4 Å². The summed E-state index contributed by atoms with van der Waals surface area (Å²) in [6.45, 7) is 3.47. The van der Waals surface area contributed by atoms with Crippen LogP contribution >= 0.6 is 0 Å². The molecular formula is C17H18N2O5. The van der Waals surface area contributed by atoms with Crippen LogP contribution in [0.15, 0.2) is 34.9 Å². The fourth-order valence-corrected chi connectivity index (χ4v) is 2.46. The van der Waals surface area contributed by atoms with Crippen LogP contribution in [0.2, 0.25) is 0 Å².